The summed E-state index contributed by atoms with van der Waals surface area (Å²) >= 11 is 0. The third kappa shape index (κ3) is 5.55. The monoisotopic (exact) mass is 263 g/mol. The van der Waals surface area contributed by atoms with E-state index in [4.69, 9.17) is 10.5 Å². The molecule has 2 N–H and O–H groups in total. The summed E-state index contributed by atoms with van der Waals surface area (Å²) < 4.78 is 5.57. The second kappa shape index (κ2) is 8.29. The topological polar surface area (TPSA) is 69.4 Å². The number of carbonyl (C=O) groups excluding carboxylic acids is 2. The highest BCUT2D eigenvalue weighted by atomic mass is 16.5. The number of nitrogens with two attached hydrogens (primary N) is 1. The van der Waals surface area contributed by atoms with Crippen LogP contribution in [-0.4, -0.2) is 18.3 Å². The second-order valence-corrected chi connectivity index (χ2v) is 4.55. The van der Waals surface area contributed by atoms with E-state index in [1.165, 1.54) is 0 Å². The van der Waals surface area contributed by atoms with Crippen molar-refractivity contribution in [3.63, 3.8) is 0 Å². The summed E-state index contributed by atoms with van der Waals surface area (Å²) in [4.78, 5) is 22.0. The number of ether oxygens (including phenoxy) is 1. The molecule has 1 aromatic rings. The highest BCUT2D eigenvalue weighted by Crippen LogP contribution is 2.16. The fourth-order valence-electron chi connectivity index (χ4n) is 1.84. The van der Waals surface area contributed by atoms with Crippen molar-refractivity contribution in [2.45, 2.75) is 45.1 Å². The Labute approximate surface area is 113 Å². The Kier molecular flexibility index (Phi) is 6.64. The molecule has 1 rings (SSSR count). The summed E-state index contributed by atoms with van der Waals surface area (Å²) in [7, 11) is 0. The standard InChI is InChI=1S/C15H21NO3/c1-2-3-4-5-9-14(15(16)18)19-13-8-6-7-12(10-13)11-17/h6-8,10-11,14H,2-5,9H2,1H3,(H2,16,18). The zero-order valence-corrected chi connectivity index (χ0v) is 11.3. The molecule has 0 aliphatic carbocycles. The van der Waals surface area contributed by atoms with Crippen LogP contribution in [0.4, 0.5) is 0 Å². The molecule has 0 bridgehead atoms. The summed E-state index contributed by atoms with van der Waals surface area (Å²) in [5.41, 5.74) is 5.86. The molecule has 4 heteroatoms. The molecule has 0 aromatic heterocycles. The van der Waals surface area contributed by atoms with Crippen molar-refractivity contribution in [2.75, 3.05) is 0 Å². The van der Waals surface area contributed by atoms with Gasteiger partial charge in [-0.15, -0.1) is 0 Å². The van der Waals surface area contributed by atoms with Crippen LogP contribution in [0.15, 0.2) is 24.3 Å². The van der Waals surface area contributed by atoms with E-state index < -0.39 is 12.0 Å². The van der Waals surface area contributed by atoms with Crippen molar-refractivity contribution in [3.8, 4) is 5.75 Å². The van der Waals surface area contributed by atoms with Gasteiger partial charge in [-0.1, -0.05) is 38.3 Å². The number of aldehydes is 1. The molecule has 1 amide bonds. The first-order valence-corrected chi connectivity index (χ1v) is 6.68. The summed E-state index contributed by atoms with van der Waals surface area (Å²) in [5, 5.41) is 0. The summed E-state index contributed by atoms with van der Waals surface area (Å²) in [6.45, 7) is 2.13. The van der Waals surface area contributed by atoms with Gasteiger partial charge in [0.15, 0.2) is 6.10 Å². The lowest BCUT2D eigenvalue weighted by molar-refractivity contribution is -0.125. The van der Waals surface area contributed by atoms with E-state index in [1.807, 2.05) is 0 Å². The fraction of sp³-hybridized carbons (Fsp3) is 0.467. The molecule has 0 radical (unpaired) electrons. The zero-order chi connectivity index (χ0) is 14.1. The van der Waals surface area contributed by atoms with Crippen LogP contribution >= 0.6 is 0 Å². The molecule has 1 aromatic carbocycles. The molecular formula is C15H21NO3. The number of rotatable bonds is 9. The third-order valence-electron chi connectivity index (χ3n) is 2.91. The smallest absolute Gasteiger partial charge is 0.258 e. The average molecular weight is 263 g/mol. The van der Waals surface area contributed by atoms with E-state index in [0.29, 0.717) is 17.7 Å². The highest BCUT2D eigenvalue weighted by Gasteiger charge is 2.16. The number of hydrogen-bond acceptors (Lipinski definition) is 3. The molecule has 19 heavy (non-hydrogen) atoms. The van der Waals surface area contributed by atoms with Gasteiger partial charge in [0.05, 0.1) is 0 Å². The van der Waals surface area contributed by atoms with E-state index in [-0.39, 0.29) is 0 Å². The average Bonchev–Trinajstić information content (AvgIpc) is 2.42. The Morgan fingerprint density at radius 2 is 2.16 bits per heavy atom. The van der Waals surface area contributed by atoms with Crippen LogP contribution in [0, 0.1) is 0 Å². The van der Waals surface area contributed by atoms with Crippen LogP contribution in [0.25, 0.3) is 0 Å². The maximum Gasteiger partial charge on any atom is 0.258 e. The lowest BCUT2D eigenvalue weighted by Crippen LogP contribution is -2.33. The van der Waals surface area contributed by atoms with E-state index in [2.05, 4.69) is 6.92 Å². The van der Waals surface area contributed by atoms with Gasteiger partial charge in [0, 0.05) is 5.56 Å². The maximum absolute atomic E-state index is 11.3. The first kappa shape index (κ1) is 15.2. The number of amides is 1. The Hall–Kier alpha value is -1.84. The van der Waals surface area contributed by atoms with Gasteiger partial charge in [0.1, 0.15) is 12.0 Å². The maximum atomic E-state index is 11.3. The van der Waals surface area contributed by atoms with Crippen LogP contribution in [0.5, 0.6) is 5.75 Å². The molecule has 0 aliphatic heterocycles. The van der Waals surface area contributed by atoms with Crippen LogP contribution in [0.1, 0.15) is 49.4 Å². The van der Waals surface area contributed by atoms with Gasteiger partial charge < -0.3 is 10.5 Å². The third-order valence-corrected chi connectivity index (χ3v) is 2.91. The highest BCUT2D eigenvalue weighted by molar-refractivity contribution is 5.79. The van der Waals surface area contributed by atoms with E-state index in [9.17, 15) is 9.59 Å². The quantitative estimate of drug-likeness (QED) is 0.550. The van der Waals surface area contributed by atoms with Gasteiger partial charge in [-0.05, 0) is 25.0 Å². The number of hydrogen-bond donors (Lipinski definition) is 1. The van der Waals surface area contributed by atoms with Gasteiger partial charge in [0.2, 0.25) is 0 Å². The second-order valence-electron chi connectivity index (χ2n) is 4.55. The molecule has 0 spiro atoms. The summed E-state index contributed by atoms with van der Waals surface area (Å²) in [5.74, 6) is 0.0388. The van der Waals surface area contributed by atoms with E-state index in [1.54, 1.807) is 24.3 Å². The number of carbonyl (C=O) groups is 2. The van der Waals surface area contributed by atoms with E-state index in [0.717, 1.165) is 32.0 Å². The van der Waals surface area contributed by atoms with Crippen LogP contribution in [0.2, 0.25) is 0 Å². The normalized spacial score (nSPS) is 11.8. The molecule has 0 saturated heterocycles. The Morgan fingerprint density at radius 1 is 1.37 bits per heavy atom. The number of benzene rings is 1. The molecular weight excluding hydrogens is 242 g/mol. The molecule has 0 heterocycles. The first-order chi connectivity index (χ1) is 9.17. The van der Waals surface area contributed by atoms with Crippen LogP contribution in [0.3, 0.4) is 0 Å². The van der Waals surface area contributed by atoms with Crippen molar-refractivity contribution in [3.05, 3.63) is 29.8 Å². The zero-order valence-electron chi connectivity index (χ0n) is 11.3. The van der Waals surface area contributed by atoms with E-state index >= 15 is 0 Å². The summed E-state index contributed by atoms with van der Waals surface area (Å²) in [6, 6.07) is 6.72. The van der Waals surface area contributed by atoms with Crippen LogP contribution < -0.4 is 10.5 Å². The molecule has 1 unspecified atom stereocenters. The SMILES string of the molecule is CCCCCCC(Oc1cccc(C=O)c1)C(N)=O. The number of unbranched alkanes of at least 4 members (excludes halogenated alkanes) is 3. The molecule has 104 valence electrons. The van der Waals surface area contributed by atoms with Gasteiger partial charge in [-0.25, -0.2) is 0 Å². The summed E-state index contributed by atoms with van der Waals surface area (Å²) in [6.07, 6.45) is 5.00. The minimum atomic E-state index is -0.626. The molecule has 0 aliphatic rings. The lowest BCUT2D eigenvalue weighted by atomic mass is 10.1. The van der Waals surface area contributed by atoms with Gasteiger partial charge >= 0.3 is 0 Å². The Balaban J connectivity index is 2.56. The Bertz CT molecular complexity index is 418. The number of primary amides is 1. The molecule has 0 fully saturated rings. The molecule has 1 atom stereocenters. The lowest BCUT2D eigenvalue weighted by Gasteiger charge is -2.16. The van der Waals surface area contributed by atoms with Crippen molar-refractivity contribution < 1.29 is 14.3 Å². The Morgan fingerprint density at radius 3 is 2.79 bits per heavy atom. The predicted octanol–water partition coefficient (Wildman–Crippen LogP) is 2.70. The minimum absolute atomic E-state index is 0.465. The largest absolute Gasteiger partial charge is 0.481 e. The van der Waals surface area contributed by atoms with Crippen molar-refractivity contribution in [2.24, 2.45) is 5.73 Å². The predicted molar refractivity (Wildman–Crippen MR) is 74.2 cm³/mol. The minimum Gasteiger partial charge on any atom is -0.481 e. The van der Waals surface area contributed by atoms with Crippen molar-refractivity contribution in [1.82, 2.24) is 0 Å². The molecule has 4 nitrogen and oxygen atoms in total. The van der Waals surface area contributed by atoms with Gasteiger partial charge in [-0.3, -0.25) is 9.59 Å². The first-order valence-electron chi connectivity index (χ1n) is 6.68. The van der Waals surface area contributed by atoms with Gasteiger partial charge in [-0.2, -0.15) is 0 Å². The van der Waals surface area contributed by atoms with Crippen molar-refractivity contribution in [1.29, 1.82) is 0 Å². The fourth-order valence-corrected chi connectivity index (χ4v) is 1.84. The van der Waals surface area contributed by atoms with Gasteiger partial charge in [0.25, 0.3) is 5.91 Å². The molecule has 0 saturated carbocycles. The van der Waals surface area contributed by atoms with Crippen molar-refractivity contribution >= 4 is 12.2 Å². The van der Waals surface area contributed by atoms with Crippen LogP contribution in [-0.2, 0) is 4.79 Å².